The minimum Gasteiger partial charge on any atom is -0.394 e. The molecule has 18 heteroatoms. The maximum absolute atomic E-state index is 11.7. The van der Waals surface area contributed by atoms with Crippen LogP contribution in [0, 0.1) is 0 Å². The van der Waals surface area contributed by atoms with Crippen LogP contribution in [-0.4, -0.2) is 175 Å². The van der Waals surface area contributed by atoms with Crippen LogP contribution in [0.1, 0.15) is 45.4 Å². The average molecular weight is 784 g/mol. The molecule has 0 spiro atoms. The van der Waals surface area contributed by atoms with Crippen LogP contribution in [0.5, 0.6) is 0 Å². The van der Waals surface area contributed by atoms with Crippen LogP contribution in [0.3, 0.4) is 0 Å². The minimum atomic E-state index is -1.82. The molecular formula is C28H50INO16. The quantitative estimate of drug-likeness (QED) is 0.0388. The Morgan fingerprint density at radius 1 is 0.674 bits per heavy atom. The number of alkyl halides is 1. The van der Waals surface area contributed by atoms with E-state index in [-0.39, 0.29) is 23.5 Å². The Hall–Kier alpha value is -0.400. The van der Waals surface area contributed by atoms with E-state index in [0.29, 0.717) is 6.42 Å². The molecule has 3 aliphatic heterocycles. The molecule has 0 aromatic carbocycles. The third kappa shape index (κ3) is 10.6. The third-order valence-electron chi connectivity index (χ3n) is 8.28. The zero-order valence-electron chi connectivity index (χ0n) is 25.7. The molecule has 0 saturated carbocycles. The van der Waals surface area contributed by atoms with Crippen molar-refractivity contribution < 1.29 is 79.2 Å². The van der Waals surface area contributed by atoms with Gasteiger partial charge in [0, 0.05) is 13.2 Å². The van der Waals surface area contributed by atoms with E-state index in [1.165, 1.54) is 0 Å². The van der Waals surface area contributed by atoms with Gasteiger partial charge in [0.15, 0.2) is 18.9 Å². The first-order valence-electron chi connectivity index (χ1n) is 15.7. The van der Waals surface area contributed by atoms with Gasteiger partial charge in [0.05, 0.1) is 17.6 Å². The number of unbranched alkanes of at least 4 members (excludes halogenated alkanes) is 5. The summed E-state index contributed by atoms with van der Waals surface area (Å²) in [6, 6.07) is 0. The van der Waals surface area contributed by atoms with Crippen molar-refractivity contribution in [3.63, 3.8) is 0 Å². The number of hydrogen-bond acceptors (Lipinski definition) is 16. The van der Waals surface area contributed by atoms with Gasteiger partial charge < -0.3 is 79.7 Å². The number of carbonyl (C=O) groups is 1. The van der Waals surface area contributed by atoms with E-state index in [4.69, 9.17) is 28.4 Å². The van der Waals surface area contributed by atoms with Crippen molar-refractivity contribution in [2.45, 2.75) is 138 Å². The second kappa shape index (κ2) is 19.7. The lowest BCUT2D eigenvalue weighted by Gasteiger charge is -2.46. The average Bonchev–Trinajstić information content (AvgIpc) is 3.05. The molecule has 0 aromatic heterocycles. The Bertz CT molecular complexity index is 892. The molecule has 0 aromatic rings. The zero-order chi connectivity index (χ0) is 34.0. The van der Waals surface area contributed by atoms with Crippen molar-refractivity contribution >= 4 is 28.5 Å². The highest BCUT2D eigenvalue weighted by Gasteiger charge is 2.52. The summed E-state index contributed by atoms with van der Waals surface area (Å²) < 4.78 is 34.1. The highest BCUT2D eigenvalue weighted by atomic mass is 127. The Morgan fingerprint density at radius 2 is 1.24 bits per heavy atom. The van der Waals surface area contributed by atoms with Crippen molar-refractivity contribution in [1.82, 2.24) is 5.32 Å². The minimum absolute atomic E-state index is 0.124. The summed E-state index contributed by atoms with van der Waals surface area (Å²) in [5, 5.41) is 96.3. The molecule has 15 atom stereocenters. The highest BCUT2D eigenvalue weighted by Crippen LogP contribution is 2.31. The van der Waals surface area contributed by atoms with Crippen LogP contribution in [0.4, 0.5) is 0 Å². The molecule has 3 saturated heterocycles. The SMILES string of the molecule is CCCCCCCCO[C@@H]1O[C@H](CO[C@H]2O[C@H](CO)[C@@H](O)[C@H](O)[C@@H]2O)[C@@H](O)[C@H](O[C@H]2O[C@H](CNC(=O)CI)[C@@H](O)[C@H](O)[C@@H]2O)[C@@H]1O. The number of rotatable bonds is 17. The first kappa shape index (κ1) is 40.0. The molecule has 270 valence electrons. The second-order valence-electron chi connectivity index (χ2n) is 11.7. The van der Waals surface area contributed by atoms with E-state index in [1.807, 2.05) is 22.6 Å². The number of hydrogen-bond donors (Lipinski definition) is 10. The molecular weight excluding hydrogens is 733 g/mol. The maximum atomic E-state index is 11.7. The van der Waals surface area contributed by atoms with Gasteiger partial charge in [-0.2, -0.15) is 0 Å². The Morgan fingerprint density at radius 3 is 1.89 bits per heavy atom. The monoisotopic (exact) mass is 783 g/mol. The van der Waals surface area contributed by atoms with Gasteiger partial charge in [0.2, 0.25) is 5.91 Å². The predicted octanol–water partition coefficient (Wildman–Crippen LogP) is -3.63. The molecule has 0 radical (unpaired) electrons. The number of aliphatic hydroxyl groups is 9. The van der Waals surface area contributed by atoms with Gasteiger partial charge in [0.25, 0.3) is 0 Å². The standard InChI is InChI=1S/C28H50INO16/c1-2-3-4-5-6-7-8-41-27-24(40)25(46-28-23(39)20(36)17(33)13(43-28)10-30-16(32)9-29)19(35)15(45-27)12-42-26-22(38)21(37)18(34)14(11-31)44-26/h13-15,17-28,31,33-40H,2-12H2,1H3,(H,30,32)/t13-,14-,15-,17-,18-,19-,20+,21+,22+,23+,24+,25+,26+,27-,28-/m1/s1. The molecule has 3 aliphatic rings. The first-order valence-corrected chi connectivity index (χ1v) is 17.2. The largest absolute Gasteiger partial charge is 0.394 e. The van der Waals surface area contributed by atoms with E-state index in [9.17, 15) is 50.8 Å². The van der Waals surface area contributed by atoms with Crippen LogP contribution < -0.4 is 5.32 Å². The fourth-order valence-corrected chi connectivity index (χ4v) is 5.70. The lowest BCUT2D eigenvalue weighted by molar-refractivity contribution is -0.364. The fourth-order valence-electron chi connectivity index (χ4n) is 5.43. The van der Waals surface area contributed by atoms with E-state index >= 15 is 0 Å². The maximum Gasteiger partial charge on any atom is 0.229 e. The van der Waals surface area contributed by atoms with Crippen molar-refractivity contribution in [2.75, 3.05) is 30.8 Å². The Balaban J connectivity index is 1.72. The number of nitrogens with one attached hydrogen (secondary N) is 1. The van der Waals surface area contributed by atoms with E-state index in [0.717, 1.165) is 32.1 Å². The van der Waals surface area contributed by atoms with Gasteiger partial charge in [-0.25, -0.2) is 0 Å². The van der Waals surface area contributed by atoms with Gasteiger partial charge in [-0.15, -0.1) is 0 Å². The Labute approximate surface area is 280 Å². The van der Waals surface area contributed by atoms with Gasteiger partial charge in [-0.1, -0.05) is 61.6 Å². The third-order valence-corrected chi connectivity index (χ3v) is 8.97. The molecule has 0 aliphatic carbocycles. The van der Waals surface area contributed by atoms with E-state index in [2.05, 4.69) is 12.2 Å². The summed E-state index contributed by atoms with van der Waals surface area (Å²) in [5.41, 5.74) is 0. The molecule has 0 bridgehead atoms. The number of amides is 1. The zero-order valence-corrected chi connectivity index (χ0v) is 27.9. The van der Waals surface area contributed by atoms with Crippen LogP contribution in [0.25, 0.3) is 0 Å². The summed E-state index contributed by atoms with van der Waals surface area (Å²) in [4.78, 5) is 11.7. The molecule has 1 amide bonds. The predicted molar refractivity (Wildman–Crippen MR) is 163 cm³/mol. The van der Waals surface area contributed by atoms with Crippen LogP contribution in [0.2, 0.25) is 0 Å². The van der Waals surface area contributed by atoms with Crippen LogP contribution >= 0.6 is 22.6 Å². The molecule has 17 nitrogen and oxygen atoms in total. The molecule has 3 heterocycles. The van der Waals surface area contributed by atoms with Gasteiger partial charge in [0.1, 0.15) is 73.2 Å². The summed E-state index contributed by atoms with van der Waals surface area (Å²) in [5.74, 6) is -0.364. The topological polar surface area (TPSA) is 267 Å². The number of halogens is 1. The van der Waals surface area contributed by atoms with E-state index < -0.39 is 105 Å². The molecule has 0 unspecified atom stereocenters. The number of aliphatic hydroxyl groups excluding tert-OH is 9. The Kier molecular flexibility index (Phi) is 17.1. The lowest BCUT2D eigenvalue weighted by atomic mass is 9.96. The van der Waals surface area contributed by atoms with Crippen molar-refractivity contribution in [1.29, 1.82) is 0 Å². The van der Waals surface area contributed by atoms with Crippen molar-refractivity contribution in [3.05, 3.63) is 0 Å². The second-order valence-corrected chi connectivity index (χ2v) is 12.5. The van der Waals surface area contributed by atoms with Crippen LogP contribution in [0.15, 0.2) is 0 Å². The smallest absolute Gasteiger partial charge is 0.229 e. The molecule has 10 N–H and O–H groups in total. The van der Waals surface area contributed by atoms with Gasteiger partial charge in [-0.3, -0.25) is 4.79 Å². The van der Waals surface area contributed by atoms with Gasteiger partial charge in [-0.05, 0) is 6.42 Å². The normalized spacial score (nSPS) is 41.8. The van der Waals surface area contributed by atoms with Crippen LogP contribution in [-0.2, 0) is 33.2 Å². The summed E-state index contributed by atoms with van der Waals surface area (Å²) in [6.07, 6.45) is -17.7. The fraction of sp³-hybridized carbons (Fsp3) is 0.964. The molecule has 46 heavy (non-hydrogen) atoms. The van der Waals surface area contributed by atoms with Crippen molar-refractivity contribution in [3.8, 4) is 0 Å². The molecule has 3 fully saturated rings. The summed E-state index contributed by atoms with van der Waals surface area (Å²) in [6.45, 7) is 0.860. The summed E-state index contributed by atoms with van der Waals surface area (Å²) in [7, 11) is 0. The van der Waals surface area contributed by atoms with Gasteiger partial charge >= 0.3 is 0 Å². The molecule has 3 rings (SSSR count). The number of carbonyl (C=O) groups excluding carboxylic acids is 1. The van der Waals surface area contributed by atoms with Crippen molar-refractivity contribution in [2.24, 2.45) is 0 Å². The summed E-state index contributed by atoms with van der Waals surface area (Å²) >= 11 is 1.84. The van der Waals surface area contributed by atoms with E-state index in [1.54, 1.807) is 0 Å². The highest BCUT2D eigenvalue weighted by molar-refractivity contribution is 14.1. The number of ether oxygens (including phenoxy) is 6. The first-order chi connectivity index (χ1) is 21.9. The lowest BCUT2D eigenvalue weighted by Crippen LogP contribution is -2.65.